The fraction of sp³-hybridized carbons (Fsp3) is 0.250. The van der Waals surface area contributed by atoms with Crippen LogP contribution in [-0.2, 0) is 11.3 Å². The van der Waals surface area contributed by atoms with E-state index in [-0.39, 0.29) is 17.4 Å². The van der Waals surface area contributed by atoms with Gasteiger partial charge in [-0.2, -0.15) is 0 Å². The summed E-state index contributed by atoms with van der Waals surface area (Å²) in [4.78, 5) is 12.2. The normalized spacial score (nSPS) is 11.4. The highest BCUT2D eigenvalue weighted by molar-refractivity contribution is 7.99. The highest BCUT2D eigenvalue weighted by atomic mass is 32.2. The summed E-state index contributed by atoms with van der Waals surface area (Å²) in [6.07, 6.45) is -4.76. The number of rotatable bonds is 7. The van der Waals surface area contributed by atoms with E-state index in [0.717, 1.165) is 29.1 Å². The van der Waals surface area contributed by atoms with E-state index in [9.17, 15) is 18.0 Å². The van der Waals surface area contributed by atoms with E-state index in [1.165, 1.54) is 23.9 Å². The van der Waals surface area contributed by atoms with E-state index >= 15 is 0 Å². The lowest BCUT2D eigenvalue weighted by Gasteiger charge is -2.10. The third-order valence-electron chi connectivity index (χ3n) is 4.01. The minimum Gasteiger partial charge on any atom is -0.406 e. The van der Waals surface area contributed by atoms with Crippen molar-refractivity contribution in [3.8, 4) is 17.1 Å². The number of nitrogens with one attached hydrogen (secondary N) is 1. The molecule has 0 atom stereocenters. The Morgan fingerprint density at radius 2 is 1.90 bits per heavy atom. The Kier molecular flexibility index (Phi) is 6.66. The third-order valence-corrected chi connectivity index (χ3v) is 4.98. The summed E-state index contributed by atoms with van der Waals surface area (Å²) in [5.74, 6) is 0.137. The SMILES string of the molecule is CCn1c(SCC(=O)Nc2ccc(OC(F)(F)F)cc2)nnc1-c1cccc(C)c1. The van der Waals surface area contributed by atoms with E-state index in [4.69, 9.17) is 0 Å². The van der Waals surface area contributed by atoms with Crippen LogP contribution < -0.4 is 10.1 Å². The van der Waals surface area contributed by atoms with Gasteiger partial charge in [0.25, 0.3) is 0 Å². The number of carbonyl (C=O) groups is 1. The fourth-order valence-corrected chi connectivity index (χ4v) is 3.55. The average Bonchev–Trinajstić information content (AvgIpc) is 3.10. The zero-order valence-corrected chi connectivity index (χ0v) is 17.0. The molecule has 0 spiro atoms. The molecule has 0 unspecified atom stereocenters. The van der Waals surface area contributed by atoms with Gasteiger partial charge in [-0.05, 0) is 44.2 Å². The van der Waals surface area contributed by atoms with Gasteiger partial charge in [-0.15, -0.1) is 23.4 Å². The van der Waals surface area contributed by atoms with Crippen LogP contribution in [0, 0.1) is 6.92 Å². The number of benzene rings is 2. The molecule has 0 saturated carbocycles. The molecule has 0 aliphatic heterocycles. The molecule has 1 aromatic heterocycles. The summed E-state index contributed by atoms with van der Waals surface area (Å²) in [6.45, 7) is 4.61. The summed E-state index contributed by atoms with van der Waals surface area (Å²) in [5, 5.41) is 11.7. The van der Waals surface area contributed by atoms with Gasteiger partial charge in [0.2, 0.25) is 5.91 Å². The Balaban J connectivity index is 1.61. The largest absolute Gasteiger partial charge is 0.573 e. The smallest absolute Gasteiger partial charge is 0.406 e. The van der Waals surface area contributed by atoms with E-state index in [1.54, 1.807) is 0 Å². The molecule has 0 aliphatic rings. The first kappa shape index (κ1) is 21.7. The van der Waals surface area contributed by atoms with Gasteiger partial charge in [-0.3, -0.25) is 4.79 Å². The van der Waals surface area contributed by atoms with Crippen LogP contribution in [0.1, 0.15) is 12.5 Å². The Bertz CT molecular complexity index is 1020. The van der Waals surface area contributed by atoms with Gasteiger partial charge in [0.1, 0.15) is 5.75 Å². The molecular formula is C20H19F3N4O2S. The summed E-state index contributed by atoms with van der Waals surface area (Å²) in [6, 6.07) is 12.9. The maximum absolute atomic E-state index is 12.2. The highest BCUT2D eigenvalue weighted by Gasteiger charge is 2.31. The van der Waals surface area contributed by atoms with Crippen molar-refractivity contribution in [1.82, 2.24) is 14.8 Å². The predicted molar refractivity (Wildman–Crippen MR) is 108 cm³/mol. The lowest BCUT2D eigenvalue weighted by molar-refractivity contribution is -0.274. The van der Waals surface area contributed by atoms with Crippen molar-refractivity contribution < 1.29 is 22.7 Å². The van der Waals surface area contributed by atoms with Gasteiger partial charge in [0.05, 0.1) is 5.75 Å². The molecule has 158 valence electrons. The summed E-state index contributed by atoms with van der Waals surface area (Å²) >= 11 is 1.23. The molecule has 30 heavy (non-hydrogen) atoms. The van der Waals surface area contributed by atoms with Gasteiger partial charge in [-0.1, -0.05) is 35.5 Å². The Hall–Kier alpha value is -3.01. The van der Waals surface area contributed by atoms with E-state index < -0.39 is 6.36 Å². The Morgan fingerprint density at radius 3 is 2.53 bits per heavy atom. The molecular weight excluding hydrogens is 417 g/mol. The van der Waals surface area contributed by atoms with Crippen LogP contribution in [-0.4, -0.2) is 32.8 Å². The molecule has 3 aromatic rings. The molecule has 1 heterocycles. The zero-order chi connectivity index (χ0) is 21.7. The van der Waals surface area contributed by atoms with Gasteiger partial charge in [-0.25, -0.2) is 0 Å². The molecule has 10 heteroatoms. The number of aromatic nitrogens is 3. The second kappa shape index (κ2) is 9.21. The van der Waals surface area contributed by atoms with Crippen molar-refractivity contribution in [2.75, 3.05) is 11.1 Å². The summed E-state index contributed by atoms with van der Waals surface area (Å²) in [7, 11) is 0. The Labute approximate surface area is 175 Å². The Morgan fingerprint density at radius 1 is 1.17 bits per heavy atom. The first-order valence-electron chi connectivity index (χ1n) is 9.04. The molecule has 3 rings (SSSR count). The second-order valence-corrected chi connectivity index (χ2v) is 7.27. The number of halogens is 3. The third kappa shape index (κ3) is 5.76. The number of amides is 1. The highest BCUT2D eigenvalue weighted by Crippen LogP contribution is 2.26. The van der Waals surface area contributed by atoms with Crippen LogP contribution >= 0.6 is 11.8 Å². The quantitative estimate of drug-likeness (QED) is 0.534. The van der Waals surface area contributed by atoms with Crippen molar-refractivity contribution >= 4 is 23.4 Å². The molecule has 0 radical (unpaired) electrons. The monoisotopic (exact) mass is 436 g/mol. The van der Waals surface area contributed by atoms with Crippen LogP contribution in [0.2, 0.25) is 0 Å². The number of aryl methyl sites for hydroxylation is 1. The number of hydrogen-bond acceptors (Lipinski definition) is 5. The molecule has 6 nitrogen and oxygen atoms in total. The van der Waals surface area contributed by atoms with Crippen molar-refractivity contribution in [2.45, 2.75) is 31.9 Å². The first-order chi connectivity index (χ1) is 14.2. The van der Waals surface area contributed by atoms with Gasteiger partial charge < -0.3 is 14.6 Å². The number of alkyl halides is 3. The minimum absolute atomic E-state index is 0.0761. The van der Waals surface area contributed by atoms with E-state index in [0.29, 0.717) is 17.4 Å². The second-order valence-electron chi connectivity index (χ2n) is 6.33. The van der Waals surface area contributed by atoms with Crippen LogP contribution in [0.4, 0.5) is 18.9 Å². The molecule has 2 aromatic carbocycles. The molecule has 0 fully saturated rings. The molecule has 0 saturated heterocycles. The number of carbonyl (C=O) groups excluding carboxylic acids is 1. The number of nitrogens with zero attached hydrogens (tertiary/aromatic N) is 3. The van der Waals surface area contributed by atoms with Crippen molar-refractivity contribution in [3.63, 3.8) is 0 Å². The van der Waals surface area contributed by atoms with E-state index in [1.807, 2.05) is 42.7 Å². The summed E-state index contributed by atoms with van der Waals surface area (Å²) in [5.41, 5.74) is 2.42. The number of thioether (sulfide) groups is 1. The van der Waals surface area contributed by atoms with Crippen LogP contribution in [0.15, 0.2) is 53.7 Å². The van der Waals surface area contributed by atoms with Crippen molar-refractivity contribution in [2.24, 2.45) is 0 Å². The number of ether oxygens (including phenoxy) is 1. The maximum atomic E-state index is 12.2. The number of hydrogen-bond donors (Lipinski definition) is 1. The molecule has 1 N–H and O–H groups in total. The first-order valence-corrected chi connectivity index (χ1v) is 10.0. The van der Waals surface area contributed by atoms with Crippen LogP contribution in [0.25, 0.3) is 11.4 Å². The van der Waals surface area contributed by atoms with Crippen LogP contribution in [0.5, 0.6) is 5.75 Å². The standard InChI is InChI=1S/C20H19F3N4O2S/c1-3-27-18(14-6-4-5-13(2)11-14)25-26-19(27)30-12-17(28)24-15-7-9-16(10-8-15)29-20(21,22)23/h4-11H,3,12H2,1-2H3,(H,24,28). The van der Waals surface area contributed by atoms with Crippen molar-refractivity contribution in [3.05, 3.63) is 54.1 Å². The lowest BCUT2D eigenvalue weighted by Crippen LogP contribution is -2.17. The van der Waals surface area contributed by atoms with Crippen LogP contribution in [0.3, 0.4) is 0 Å². The molecule has 1 amide bonds. The number of anilines is 1. The summed E-state index contributed by atoms with van der Waals surface area (Å²) < 4.78 is 42.3. The minimum atomic E-state index is -4.76. The predicted octanol–water partition coefficient (Wildman–Crippen LogP) is 4.90. The van der Waals surface area contributed by atoms with Gasteiger partial charge >= 0.3 is 6.36 Å². The lowest BCUT2D eigenvalue weighted by atomic mass is 10.1. The molecule has 0 aliphatic carbocycles. The maximum Gasteiger partial charge on any atom is 0.573 e. The van der Waals surface area contributed by atoms with Crippen molar-refractivity contribution in [1.29, 1.82) is 0 Å². The van der Waals surface area contributed by atoms with E-state index in [2.05, 4.69) is 20.3 Å². The molecule has 0 bridgehead atoms. The average molecular weight is 436 g/mol. The zero-order valence-electron chi connectivity index (χ0n) is 16.2. The fourth-order valence-electron chi connectivity index (χ4n) is 2.75. The van der Waals surface area contributed by atoms with Gasteiger partial charge in [0.15, 0.2) is 11.0 Å². The van der Waals surface area contributed by atoms with Gasteiger partial charge in [0, 0.05) is 17.8 Å². The topological polar surface area (TPSA) is 69.0 Å².